The van der Waals surface area contributed by atoms with Crippen LogP contribution >= 0.6 is 11.6 Å². The fourth-order valence-corrected chi connectivity index (χ4v) is 1.61. The standard InChI is InChI=1S/C12H7ClF2N2O2/c13-11-4-10(18)7(5-16-11)12(19)17-6-1-2-8(14)9(15)3-6/h1-3,5H,4H2,(H,17,19). The van der Waals surface area contributed by atoms with E-state index in [1.165, 1.54) is 6.07 Å². The van der Waals surface area contributed by atoms with Gasteiger partial charge in [-0.15, -0.1) is 0 Å². The average molecular weight is 285 g/mol. The summed E-state index contributed by atoms with van der Waals surface area (Å²) in [4.78, 5) is 26.9. The minimum Gasteiger partial charge on any atom is -0.322 e. The second-order valence-electron chi connectivity index (χ2n) is 3.73. The van der Waals surface area contributed by atoms with Gasteiger partial charge in [-0.3, -0.25) is 9.59 Å². The fourth-order valence-electron chi connectivity index (χ4n) is 1.44. The van der Waals surface area contributed by atoms with Gasteiger partial charge in [-0.2, -0.15) is 0 Å². The minimum absolute atomic E-state index is 0.0400. The van der Waals surface area contributed by atoms with Crippen LogP contribution in [0.4, 0.5) is 14.5 Å². The first-order valence-electron chi connectivity index (χ1n) is 5.19. The number of benzene rings is 1. The van der Waals surface area contributed by atoms with Gasteiger partial charge in [-0.05, 0) is 12.1 Å². The number of aliphatic imine (C=N–C) groups is 1. The second-order valence-corrected chi connectivity index (χ2v) is 4.17. The summed E-state index contributed by atoms with van der Waals surface area (Å²) in [6.45, 7) is 0. The molecule has 0 spiro atoms. The fraction of sp³-hybridized carbons (Fsp3) is 0.0833. The Labute approximate surface area is 111 Å². The van der Waals surface area contributed by atoms with E-state index in [4.69, 9.17) is 11.6 Å². The molecule has 1 heterocycles. The molecule has 1 aromatic rings. The van der Waals surface area contributed by atoms with Gasteiger partial charge in [0, 0.05) is 18.0 Å². The Kier molecular flexibility index (Phi) is 3.71. The molecule has 1 amide bonds. The molecule has 98 valence electrons. The molecule has 0 fully saturated rings. The van der Waals surface area contributed by atoms with Crippen LogP contribution in [0.3, 0.4) is 0 Å². The van der Waals surface area contributed by atoms with Crippen LogP contribution in [0, 0.1) is 11.6 Å². The molecule has 0 aromatic heterocycles. The zero-order valence-corrected chi connectivity index (χ0v) is 10.2. The highest BCUT2D eigenvalue weighted by atomic mass is 35.5. The lowest BCUT2D eigenvalue weighted by Gasteiger charge is -2.10. The van der Waals surface area contributed by atoms with E-state index in [2.05, 4.69) is 10.3 Å². The van der Waals surface area contributed by atoms with Gasteiger partial charge in [-0.25, -0.2) is 13.8 Å². The largest absolute Gasteiger partial charge is 0.322 e. The van der Waals surface area contributed by atoms with E-state index in [-0.39, 0.29) is 22.9 Å². The first-order chi connectivity index (χ1) is 8.97. The zero-order chi connectivity index (χ0) is 14.0. The third-order valence-electron chi connectivity index (χ3n) is 2.36. The first-order valence-corrected chi connectivity index (χ1v) is 5.57. The highest BCUT2D eigenvalue weighted by Gasteiger charge is 2.22. The van der Waals surface area contributed by atoms with Crippen molar-refractivity contribution in [1.82, 2.24) is 0 Å². The lowest BCUT2D eigenvalue weighted by atomic mass is 10.1. The van der Waals surface area contributed by atoms with Crippen molar-refractivity contribution >= 4 is 34.1 Å². The Morgan fingerprint density at radius 3 is 2.68 bits per heavy atom. The van der Waals surface area contributed by atoms with Crippen molar-refractivity contribution in [3.8, 4) is 0 Å². The summed E-state index contributed by atoms with van der Waals surface area (Å²) in [6, 6.07) is 2.87. The van der Waals surface area contributed by atoms with Crippen LogP contribution in [0.1, 0.15) is 6.42 Å². The number of Topliss-reactive ketones (excluding diaryl/α,β-unsaturated/α-hetero) is 1. The number of hydrogen-bond acceptors (Lipinski definition) is 3. The van der Waals surface area contributed by atoms with Gasteiger partial charge in [-0.1, -0.05) is 11.6 Å². The van der Waals surface area contributed by atoms with E-state index in [1.807, 2.05) is 0 Å². The molecule has 1 aromatic carbocycles. The van der Waals surface area contributed by atoms with Crippen molar-refractivity contribution in [1.29, 1.82) is 0 Å². The molecule has 0 saturated heterocycles. The van der Waals surface area contributed by atoms with E-state index in [1.54, 1.807) is 0 Å². The monoisotopic (exact) mass is 284 g/mol. The Morgan fingerprint density at radius 2 is 2.05 bits per heavy atom. The third-order valence-corrected chi connectivity index (χ3v) is 2.59. The van der Waals surface area contributed by atoms with E-state index in [0.717, 1.165) is 18.3 Å². The molecule has 0 bridgehead atoms. The van der Waals surface area contributed by atoms with Gasteiger partial charge < -0.3 is 5.32 Å². The highest BCUT2D eigenvalue weighted by Crippen LogP contribution is 2.16. The van der Waals surface area contributed by atoms with Gasteiger partial charge in [0.15, 0.2) is 17.4 Å². The molecule has 1 N–H and O–H groups in total. The molecular weight excluding hydrogens is 278 g/mol. The van der Waals surface area contributed by atoms with Gasteiger partial charge >= 0.3 is 0 Å². The number of halogens is 3. The molecule has 1 aliphatic heterocycles. The van der Waals surface area contributed by atoms with Gasteiger partial charge in [0.05, 0.1) is 6.42 Å². The number of anilines is 1. The Bertz CT molecular complexity index is 626. The maximum atomic E-state index is 13.0. The number of nitrogens with one attached hydrogen (secondary N) is 1. The predicted molar refractivity (Wildman–Crippen MR) is 66.0 cm³/mol. The molecule has 1 aliphatic rings. The quantitative estimate of drug-likeness (QED) is 0.848. The molecule has 4 nitrogen and oxygen atoms in total. The van der Waals surface area contributed by atoms with Crippen LogP contribution < -0.4 is 5.32 Å². The SMILES string of the molecule is O=C1CC(Cl)=NC=C1C(=O)Nc1ccc(F)c(F)c1. The topological polar surface area (TPSA) is 58.5 Å². The molecule has 0 aliphatic carbocycles. The normalized spacial score (nSPS) is 14.8. The number of rotatable bonds is 2. The summed E-state index contributed by atoms with van der Waals surface area (Å²) in [5.41, 5.74) is -0.146. The summed E-state index contributed by atoms with van der Waals surface area (Å²) in [6.07, 6.45) is 0.891. The number of carbonyl (C=O) groups excluding carboxylic acids is 2. The van der Waals surface area contributed by atoms with Crippen molar-refractivity contribution in [3.63, 3.8) is 0 Å². The van der Waals surface area contributed by atoms with Crippen LogP contribution in [-0.2, 0) is 9.59 Å². The molecule has 0 unspecified atom stereocenters. The zero-order valence-electron chi connectivity index (χ0n) is 9.41. The number of hydrogen-bond donors (Lipinski definition) is 1. The van der Waals surface area contributed by atoms with E-state index in [0.29, 0.717) is 0 Å². The van der Waals surface area contributed by atoms with E-state index >= 15 is 0 Å². The third kappa shape index (κ3) is 3.03. The average Bonchev–Trinajstić information content (AvgIpc) is 2.33. The molecule has 2 rings (SSSR count). The van der Waals surface area contributed by atoms with Crippen molar-refractivity contribution in [2.45, 2.75) is 6.42 Å². The summed E-state index contributed by atoms with van der Waals surface area (Å²) < 4.78 is 25.7. The highest BCUT2D eigenvalue weighted by molar-refractivity contribution is 6.67. The van der Waals surface area contributed by atoms with Crippen molar-refractivity contribution in [2.24, 2.45) is 4.99 Å². The van der Waals surface area contributed by atoms with Crippen molar-refractivity contribution < 1.29 is 18.4 Å². The number of ketones is 1. The number of amides is 1. The van der Waals surface area contributed by atoms with Gasteiger partial charge in [0.1, 0.15) is 10.7 Å². The predicted octanol–water partition coefficient (Wildman–Crippen LogP) is 2.40. The molecule has 0 atom stereocenters. The minimum atomic E-state index is -1.09. The number of nitrogens with zero attached hydrogens (tertiary/aromatic N) is 1. The lowest BCUT2D eigenvalue weighted by molar-refractivity contribution is -0.119. The lowest BCUT2D eigenvalue weighted by Crippen LogP contribution is -2.23. The van der Waals surface area contributed by atoms with Crippen LogP contribution in [0.25, 0.3) is 0 Å². The molecule has 0 saturated carbocycles. The van der Waals surface area contributed by atoms with Crippen LogP contribution in [0.15, 0.2) is 35.0 Å². The Balaban J connectivity index is 2.17. The van der Waals surface area contributed by atoms with E-state index in [9.17, 15) is 18.4 Å². The van der Waals surface area contributed by atoms with Crippen molar-refractivity contribution in [3.05, 3.63) is 41.6 Å². The van der Waals surface area contributed by atoms with Crippen LogP contribution in [-0.4, -0.2) is 16.9 Å². The summed E-state index contributed by atoms with van der Waals surface area (Å²) in [5, 5.41) is 2.37. The summed E-state index contributed by atoms with van der Waals surface area (Å²) in [5.74, 6) is -3.35. The molecule has 19 heavy (non-hydrogen) atoms. The molecule has 7 heteroatoms. The summed E-state index contributed by atoms with van der Waals surface area (Å²) >= 11 is 5.54. The summed E-state index contributed by atoms with van der Waals surface area (Å²) in [7, 11) is 0. The second kappa shape index (κ2) is 5.27. The van der Waals surface area contributed by atoms with Gasteiger partial charge in [0.2, 0.25) is 0 Å². The Hall–Kier alpha value is -2.08. The van der Waals surface area contributed by atoms with E-state index < -0.39 is 23.3 Å². The first kappa shape index (κ1) is 13.4. The molecular formula is C12H7ClF2N2O2. The van der Waals surface area contributed by atoms with Crippen LogP contribution in [0.5, 0.6) is 0 Å². The Morgan fingerprint density at radius 1 is 1.32 bits per heavy atom. The van der Waals surface area contributed by atoms with Crippen molar-refractivity contribution in [2.75, 3.05) is 5.32 Å². The molecule has 0 radical (unpaired) electrons. The smallest absolute Gasteiger partial charge is 0.260 e. The maximum Gasteiger partial charge on any atom is 0.260 e. The number of carbonyl (C=O) groups is 2. The maximum absolute atomic E-state index is 13.0. The van der Waals surface area contributed by atoms with Crippen LogP contribution in [0.2, 0.25) is 0 Å². The van der Waals surface area contributed by atoms with Gasteiger partial charge in [0.25, 0.3) is 5.91 Å².